The first-order valence-corrected chi connectivity index (χ1v) is 6.03. The summed E-state index contributed by atoms with van der Waals surface area (Å²) in [5, 5.41) is 20.6. The van der Waals surface area contributed by atoms with Crippen LogP contribution in [0.25, 0.3) is 0 Å². The second-order valence-corrected chi connectivity index (χ2v) is 4.26. The van der Waals surface area contributed by atoms with E-state index < -0.39 is 12.0 Å². The fourth-order valence-electron chi connectivity index (χ4n) is 1.99. The highest BCUT2D eigenvalue weighted by molar-refractivity contribution is 5.73. The lowest BCUT2D eigenvalue weighted by Gasteiger charge is -2.19. The van der Waals surface area contributed by atoms with Crippen molar-refractivity contribution in [2.75, 3.05) is 32.8 Å². The van der Waals surface area contributed by atoms with Crippen LogP contribution in [-0.2, 0) is 4.79 Å². The molecule has 0 spiro atoms. The lowest BCUT2D eigenvalue weighted by atomic mass is 10.2. The summed E-state index contributed by atoms with van der Waals surface area (Å²) in [4.78, 5) is 13.3. The van der Waals surface area contributed by atoms with E-state index >= 15 is 0 Å². The van der Waals surface area contributed by atoms with Gasteiger partial charge in [-0.25, -0.2) is 0 Å². The molecule has 1 atom stereocenters. The molecule has 1 aliphatic rings. The average molecular weight is 230 g/mol. The summed E-state index contributed by atoms with van der Waals surface area (Å²) in [6, 6.07) is -0.479. The average Bonchev–Trinajstić information content (AvgIpc) is 2.75. The van der Waals surface area contributed by atoms with Gasteiger partial charge >= 0.3 is 5.97 Å². The minimum Gasteiger partial charge on any atom is -0.480 e. The lowest BCUT2D eigenvalue weighted by Crippen LogP contribution is -2.40. The molecule has 1 saturated heterocycles. The Labute approximate surface area is 96.4 Å². The van der Waals surface area contributed by atoms with Crippen molar-refractivity contribution in [2.45, 2.75) is 31.7 Å². The summed E-state index contributed by atoms with van der Waals surface area (Å²) in [6.07, 6.45) is 3.71. The fraction of sp³-hybridized carbons (Fsp3) is 0.909. The normalized spacial score (nSPS) is 18.8. The summed E-state index contributed by atoms with van der Waals surface area (Å²) in [5.41, 5.74) is 0. The highest BCUT2D eigenvalue weighted by atomic mass is 16.4. The van der Waals surface area contributed by atoms with Crippen LogP contribution < -0.4 is 5.32 Å². The van der Waals surface area contributed by atoms with Gasteiger partial charge in [0.2, 0.25) is 0 Å². The highest BCUT2D eigenvalue weighted by Gasteiger charge is 2.19. The highest BCUT2D eigenvalue weighted by Crippen LogP contribution is 2.08. The number of carboxylic acids is 1. The maximum atomic E-state index is 11.0. The molecule has 0 radical (unpaired) electrons. The standard InChI is InChI=1S/C11H22N2O3/c14-9-3-5-12-10(11(15)16)4-8-13-6-1-2-7-13/h10,12,14H,1-9H2,(H,15,16)/t10-/m1/s1. The van der Waals surface area contributed by atoms with Crippen LogP contribution in [0.3, 0.4) is 0 Å². The van der Waals surface area contributed by atoms with E-state index in [4.69, 9.17) is 10.2 Å². The maximum absolute atomic E-state index is 11.0. The Kier molecular flexibility index (Phi) is 6.37. The largest absolute Gasteiger partial charge is 0.480 e. The van der Waals surface area contributed by atoms with Gasteiger partial charge < -0.3 is 20.4 Å². The smallest absolute Gasteiger partial charge is 0.320 e. The van der Waals surface area contributed by atoms with Gasteiger partial charge in [-0.15, -0.1) is 0 Å². The molecule has 3 N–H and O–H groups in total. The van der Waals surface area contributed by atoms with Crippen LogP contribution >= 0.6 is 0 Å². The Morgan fingerprint density at radius 3 is 2.62 bits per heavy atom. The van der Waals surface area contributed by atoms with Gasteiger partial charge in [-0.2, -0.15) is 0 Å². The maximum Gasteiger partial charge on any atom is 0.320 e. The third-order valence-electron chi connectivity index (χ3n) is 2.96. The van der Waals surface area contributed by atoms with Crippen LogP contribution in [0.15, 0.2) is 0 Å². The minimum absolute atomic E-state index is 0.103. The van der Waals surface area contributed by atoms with Crippen molar-refractivity contribution in [3.8, 4) is 0 Å². The van der Waals surface area contributed by atoms with E-state index in [1.807, 2.05) is 0 Å². The van der Waals surface area contributed by atoms with E-state index in [0.29, 0.717) is 19.4 Å². The van der Waals surface area contributed by atoms with Gasteiger partial charge in [0, 0.05) is 13.2 Å². The van der Waals surface area contributed by atoms with Gasteiger partial charge in [0.25, 0.3) is 0 Å². The number of carbonyl (C=O) groups is 1. The number of hydrogen-bond donors (Lipinski definition) is 3. The van der Waals surface area contributed by atoms with Gasteiger partial charge in [0.1, 0.15) is 6.04 Å². The first-order valence-electron chi connectivity index (χ1n) is 6.03. The number of likely N-dealkylation sites (tertiary alicyclic amines) is 1. The first kappa shape index (κ1) is 13.4. The SMILES string of the molecule is O=C(O)[C@@H](CCN1CCCC1)NCCCO. The zero-order chi connectivity index (χ0) is 11.8. The van der Waals surface area contributed by atoms with E-state index in [1.54, 1.807) is 0 Å². The number of aliphatic hydroxyl groups excluding tert-OH is 1. The van der Waals surface area contributed by atoms with Crippen molar-refractivity contribution in [2.24, 2.45) is 0 Å². The van der Waals surface area contributed by atoms with Crippen LogP contribution in [-0.4, -0.2) is 59.9 Å². The quantitative estimate of drug-likeness (QED) is 0.508. The Morgan fingerprint density at radius 1 is 1.38 bits per heavy atom. The number of carboxylic acid groups (broad SMARTS) is 1. The zero-order valence-electron chi connectivity index (χ0n) is 9.69. The van der Waals surface area contributed by atoms with Gasteiger partial charge in [-0.1, -0.05) is 0 Å². The third-order valence-corrected chi connectivity index (χ3v) is 2.96. The van der Waals surface area contributed by atoms with Crippen LogP contribution in [0.4, 0.5) is 0 Å². The molecule has 1 heterocycles. The predicted octanol–water partition coefficient (Wildman–Crippen LogP) is -0.102. The molecule has 16 heavy (non-hydrogen) atoms. The number of rotatable bonds is 8. The molecular weight excluding hydrogens is 208 g/mol. The Morgan fingerprint density at radius 2 is 2.06 bits per heavy atom. The Hall–Kier alpha value is -0.650. The Balaban J connectivity index is 2.18. The van der Waals surface area contributed by atoms with Crippen molar-refractivity contribution in [3.63, 3.8) is 0 Å². The molecule has 0 amide bonds. The van der Waals surface area contributed by atoms with Crippen LogP contribution in [0, 0.1) is 0 Å². The Bertz CT molecular complexity index is 205. The molecule has 5 nitrogen and oxygen atoms in total. The van der Waals surface area contributed by atoms with E-state index in [2.05, 4.69) is 10.2 Å². The van der Waals surface area contributed by atoms with Gasteiger partial charge in [-0.3, -0.25) is 4.79 Å². The molecule has 1 rings (SSSR count). The van der Waals surface area contributed by atoms with E-state index in [9.17, 15) is 4.79 Å². The number of hydrogen-bond acceptors (Lipinski definition) is 4. The van der Waals surface area contributed by atoms with Crippen molar-refractivity contribution in [3.05, 3.63) is 0 Å². The molecule has 1 aliphatic heterocycles. The first-order chi connectivity index (χ1) is 7.74. The zero-order valence-corrected chi connectivity index (χ0v) is 9.69. The molecule has 5 heteroatoms. The summed E-state index contributed by atoms with van der Waals surface area (Å²) in [5.74, 6) is -0.794. The monoisotopic (exact) mass is 230 g/mol. The third kappa shape index (κ3) is 4.92. The van der Waals surface area contributed by atoms with Crippen LogP contribution in [0.2, 0.25) is 0 Å². The van der Waals surface area contributed by atoms with Gasteiger partial charge in [-0.05, 0) is 45.3 Å². The second kappa shape index (κ2) is 7.60. The summed E-state index contributed by atoms with van der Waals surface area (Å²) in [7, 11) is 0. The molecule has 1 fully saturated rings. The van der Waals surface area contributed by atoms with Crippen LogP contribution in [0.1, 0.15) is 25.7 Å². The minimum atomic E-state index is -0.794. The summed E-state index contributed by atoms with van der Waals surface area (Å²) in [6.45, 7) is 3.72. The van der Waals surface area contributed by atoms with Crippen molar-refractivity contribution in [1.29, 1.82) is 0 Å². The molecule has 94 valence electrons. The number of aliphatic carboxylic acids is 1. The number of nitrogens with zero attached hydrogens (tertiary/aromatic N) is 1. The lowest BCUT2D eigenvalue weighted by molar-refractivity contribution is -0.139. The molecule has 0 unspecified atom stereocenters. The van der Waals surface area contributed by atoms with Crippen molar-refractivity contribution >= 4 is 5.97 Å². The second-order valence-electron chi connectivity index (χ2n) is 4.26. The molecule has 0 aromatic rings. The molecule has 0 aromatic carbocycles. The van der Waals surface area contributed by atoms with Gasteiger partial charge in [0.15, 0.2) is 0 Å². The van der Waals surface area contributed by atoms with Crippen LogP contribution in [0.5, 0.6) is 0 Å². The summed E-state index contributed by atoms with van der Waals surface area (Å²) >= 11 is 0. The molecule has 0 saturated carbocycles. The van der Waals surface area contributed by atoms with E-state index in [1.165, 1.54) is 12.8 Å². The van der Waals surface area contributed by atoms with Gasteiger partial charge in [0.05, 0.1) is 0 Å². The molecule has 0 aliphatic carbocycles. The number of nitrogens with one attached hydrogen (secondary N) is 1. The topological polar surface area (TPSA) is 72.8 Å². The molecule has 0 bridgehead atoms. The van der Waals surface area contributed by atoms with Crippen molar-refractivity contribution in [1.82, 2.24) is 10.2 Å². The van der Waals surface area contributed by atoms with E-state index in [-0.39, 0.29) is 6.61 Å². The predicted molar refractivity (Wildman–Crippen MR) is 61.4 cm³/mol. The molecular formula is C11H22N2O3. The van der Waals surface area contributed by atoms with Crippen molar-refractivity contribution < 1.29 is 15.0 Å². The fourth-order valence-corrected chi connectivity index (χ4v) is 1.99. The molecule has 0 aromatic heterocycles. The summed E-state index contributed by atoms with van der Waals surface area (Å²) < 4.78 is 0. The van der Waals surface area contributed by atoms with E-state index in [0.717, 1.165) is 19.6 Å². The number of aliphatic hydroxyl groups is 1.